The minimum Gasteiger partial charge on any atom is -0.478 e. The number of carbonyl (C=O) groups is 1. The van der Waals surface area contributed by atoms with E-state index in [1.54, 1.807) is 48.9 Å². The smallest absolute Gasteiger partial charge is 0.335 e. The number of carboxylic acid groups (broad SMARTS) is 1. The van der Waals surface area contributed by atoms with Crippen LogP contribution < -0.4 is 0 Å². The minimum atomic E-state index is -0.932. The summed E-state index contributed by atoms with van der Waals surface area (Å²) in [6.45, 7) is 4.33. The van der Waals surface area contributed by atoms with E-state index < -0.39 is 5.97 Å². The predicted molar refractivity (Wildman–Crippen MR) is 94.2 cm³/mol. The van der Waals surface area contributed by atoms with Gasteiger partial charge in [0.1, 0.15) is 5.69 Å². The number of hydrogen-bond acceptors (Lipinski definition) is 6. The number of hydrogen-bond donors (Lipinski definition) is 1. The van der Waals surface area contributed by atoms with Gasteiger partial charge in [-0.1, -0.05) is 30.0 Å². The Hall–Kier alpha value is -3.00. The van der Waals surface area contributed by atoms with E-state index in [1.807, 2.05) is 4.57 Å². The number of benzene rings is 1. The lowest BCUT2D eigenvalue weighted by Gasteiger charge is -2.07. The zero-order valence-electron chi connectivity index (χ0n) is 13.2. The van der Waals surface area contributed by atoms with Crippen molar-refractivity contribution in [3.05, 3.63) is 66.6 Å². The van der Waals surface area contributed by atoms with Crippen LogP contribution >= 0.6 is 11.8 Å². The maximum atomic E-state index is 10.9. The highest BCUT2D eigenvalue weighted by molar-refractivity contribution is 7.98. The second kappa shape index (κ2) is 7.71. The average Bonchev–Trinajstić information content (AvgIpc) is 3.04. The van der Waals surface area contributed by atoms with Crippen LogP contribution in [-0.4, -0.2) is 35.8 Å². The van der Waals surface area contributed by atoms with Crippen LogP contribution in [0, 0.1) is 0 Å². The van der Waals surface area contributed by atoms with Gasteiger partial charge in [-0.2, -0.15) is 0 Å². The van der Waals surface area contributed by atoms with Crippen LogP contribution in [0.4, 0.5) is 0 Å². The SMILES string of the molecule is C=CCn1c(SCc2ccc(C(=O)O)cc2)nnc1-c1cnccn1. The highest BCUT2D eigenvalue weighted by atomic mass is 32.2. The monoisotopic (exact) mass is 353 g/mol. The predicted octanol–water partition coefficient (Wildman–Crippen LogP) is 2.91. The van der Waals surface area contributed by atoms with Gasteiger partial charge in [-0.25, -0.2) is 9.78 Å². The molecule has 0 aliphatic heterocycles. The molecule has 1 N–H and O–H groups in total. The largest absolute Gasteiger partial charge is 0.478 e. The molecule has 0 unspecified atom stereocenters. The van der Waals surface area contributed by atoms with Crippen molar-refractivity contribution in [2.24, 2.45) is 0 Å². The molecule has 126 valence electrons. The van der Waals surface area contributed by atoms with Crippen LogP contribution in [0.3, 0.4) is 0 Å². The van der Waals surface area contributed by atoms with Gasteiger partial charge in [0, 0.05) is 24.7 Å². The molecule has 0 aliphatic rings. The Morgan fingerprint density at radius 3 is 2.68 bits per heavy atom. The molecule has 1 aromatic carbocycles. The highest BCUT2D eigenvalue weighted by Crippen LogP contribution is 2.25. The lowest BCUT2D eigenvalue weighted by molar-refractivity contribution is 0.0697. The molecule has 0 saturated carbocycles. The Labute approximate surface area is 148 Å². The first-order valence-electron chi connectivity index (χ1n) is 7.44. The van der Waals surface area contributed by atoms with Gasteiger partial charge in [-0.3, -0.25) is 9.55 Å². The fourth-order valence-electron chi connectivity index (χ4n) is 2.18. The number of allylic oxidation sites excluding steroid dienone is 1. The first kappa shape index (κ1) is 16.8. The van der Waals surface area contributed by atoms with Crippen LogP contribution in [0.5, 0.6) is 0 Å². The van der Waals surface area contributed by atoms with E-state index in [2.05, 4.69) is 26.7 Å². The molecule has 3 aromatic rings. The molecule has 0 spiro atoms. The molecule has 2 heterocycles. The van der Waals surface area contributed by atoms with Crippen LogP contribution in [0.1, 0.15) is 15.9 Å². The molecule has 0 bridgehead atoms. The summed E-state index contributed by atoms with van der Waals surface area (Å²) >= 11 is 1.52. The maximum absolute atomic E-state index is 10.9. The van der Waals surface area contributed by atoms with Gasteiger partial charge in [0.05, 0.1) is 11.8 Å². The van der Waals surface area contributed by atoms with Crippen molar-refractivity contribution in [1.82, 2.24) is 24.7 Å². The third-order valence-electron chi connectivity index (χ3n) is 3.39. The number of aromatic nitrogens is 5. The summed E-state index contributed by atoms with van der Waals surface area (Å²) in [5.74, 6) is 0.352. The fourth-order valence-corrected chi connectivity index (χ4v) is 3.09. The number of carboxylic acids is 1. The standard InChI is InChI=1S/C17H15N5O2S/c1-2-9-22-15(14-10-18-7-8-19-14)20-21-17(22)25-11-12-3-5-13(6-4-12)16(23)24/h2-8,10H,1,9,11H2,(H,23,24). The molecule has 0 radical (unpaired) electrons. The van der Waals surface area contributed by atoms with E-state index in [1.165, 1.54) is 11.8 Å². The quantitative estimate of drug-likeness (QED) is 0.515. The summed E-state index contributed by atoms with van der Waals surface area (Å²) in [4.78, 5) is 19.2. The summed E-state index contributed by atoms with van der Waals surface area (Å²) in [5.41, 5.74) is 1.92. The number of aromatic carboxylic acids is 1. The number of rotatable bonds is 7. The van der Waals surface area contributed by atoms with Crippen molar-refractivity contribution < 1.29 is 9.90 Å². The van der Waals surface area contributed by atoms with Crippen molar-refractivity contribution >= 4 is 17.7 Å². The molecule has 0 fully saturated rings. The third-order valence-corrected chi connectivity index (χ3v) is 4.43. The van der Waals surface area contributed by atoms with Crippen molar-refractivity contribution in [2.45, 2.75) is 17.5 Å². The van der Waals surface area contributed by atoms with Gasteiger partial charge >= 0.3 is 5.97 Å². The van der Waals surface area contributed by atoms with Gasteiger partial charge in [0.15, 0.2) is 11.0 Å². The Morgan fingerprint density at radius 1 is 1.24 bits per heavy atom. The summed E-state index contributed by atoms with van der Waals surface area (Å²) in [5, 5.41) is 18.1. The molecular formula is C17H15N5O2S. The van der Waals surface area contributed by atoms with Gasteiger partial charge in [-0.05, 0) is 17.7 Å². The van der Waals surface area contributed by atoms with Gasteiger partial charge in [0.2, 0.25) is 0 Å². The van der Waals surface area contributed by atoms with Crippen LogP contribution in [0.15, 0.2) is 60.7 Å². The normalized spacial score (nSPS) is 10.6. The van der Waals surface area contributed by atoms with E-state index >= 15 is 0 Å². The van der Waals surface area contributed by atoms with Crippen molar-refractivity contribution in [2.75, 3.05) is 0 Å². The molecule has 0 aliphatic carbocycles. The molecular weight excluding hydrogens is 338 g/mol. The lowest BCUT2D eigenvalue weighted by Crippen LogP contribution is -2.02. The Morgan fingerprint density at radius 2 is 2.04 bits per heavy atom. The first-order chi connectivity index (χ1) is 12.2. The van der Waals surface area contributed by atoms with E-state index in [0.717, 1.165) is 10.7 Å². The average molecular weight is 353 g/mol. The van der Waals surface area contributed by atoms with Crippen LogP contribution in [-0.2, 0) is 12.3 Å². The second-order valence-electron chi connectivity index (χ2n) is 5.09. The molecule has 2 aromatic heterocycles. The zero-order valence-corrected chi connectivity index (χ0v) is 14.1. The Kier molecular flexibility index (Phi) is 5.20. The lowest BCUT2D eigenvalue weighted by atomic mass is 10.1. The first-order valence-corrected chi connectivity index (χ1v) is 8.43. The van der Waals surface area contributed by atoms with Crippen molar-refractivity contribution in [1.29, 1.82) is 0 Å². The zero-order chi connectivity index (χ0) is 17.6. The van der Waals surface area contributed by atoms with E-state index in [4.69, 9.17) is 5.11 Å². The van der Waals surface area contributed by atoms with Crippen LogP contribution in [0.25, 0.3) is 11.5 Å². The second-order valence-corrected chi connectivity index (χ2v) is 6.03. The van der Waals surface area contributed by atoms with Crippen molar-refractivity contribution in [3.8, 4) is 11.5 Å². The van der Waals surface area contributed by atoms with E-state index in [0.29, 0.717) is 23.8 Å². The van der Waals surface area contributed by atoms with E-state index in [-0.39, 0.29) is 5.56 Å². The third kappa shape index (κ3) is 3.92. The molecule has 25 heavy (non-hydrogen) atoms. The van der Waals surface area contributed by atoms with Crippen molar-refractivity contribution in [3.63, 3.8) is 0 Å². The molecule has 7 nitrogen and oxygen atoms in total. The Bertz CT molecular complexity index is 878. The molecule has 3 rings (SSSR count). The number of nitrogens with zero attached hydrogens (tertiary/aromatic N) is 5. The minimum absolute atomic E-state index is 0.272. The molecule has 8 heteroatoms. The molecule has 0 saturated heterocycles. The summed E-state index contributed by atoms with van der Waals surface area (Å²) in [6, 6.07) is 6.79. The molecule has 0 amide bonds. The highest BCUT2D eigenvalue weighted by Gasteiger charge is 2.14. The molecule has 0 atom stereocenters. The summed E-state index contributed by atoms with van der Waals surface area (Å²) in [7, 11) is 0. The summed E-state index contributed by atoms with van der Waals surface area (Å²) < 4.78 is 1.92. The Balaban J connectivity index is 1.79. The topological polar surface area (TPSA) is 93.8 Å². The van der Waals surface area contributed by atoms with Gasteiger partial charge < -0.3 is 5.11 Å². The maximum Gasteiger partial charge on any atom is 0.335 e. The fraction of sp³-hybridized carbons (Fsp3) is 0.118. The summed E-state index contributed by atoms with van der Waals surface area (Å²) in [6.07, 6.45) is 6.63. The number of thioether (sulfide) groups is 1. The van der Waals surface area contributed by atoms with E-state index in [9.17, 15) is 4.79 Å². The van der Waals surface area contributed by atoms with Crippen LogP contribution in [0.2, 0.25) is 0 Å². The van der Waals surface area contributed by atoms with Gasteiger partial charge in [0.25, 0.3) is 0 Å². The van der Waals surface area contributed by atoms with Gasteiger partial charge in [-0.15, -0.1) is 16.8 Å².